The van der Waals surface area contributed by atoms with E-state index in [-0.39, 0.29) is 11.7 Å². The minimum Gasteiger partial charge on any atom is -0.493 e. The third kappa shape index (κ3) is 6.47. The maximum Gasteiger partial charge on any atom is 0.161 e. The van der Waals surface area contributed by atoms with Crippen LogP contribution < -0.4 is 9.47 Å². The fourth-order valence-corrected chi connectivity index (χ4v) is 5.35. The first-order valence-electron chi connectivity index (χ1n) is 12.6. The van der Waals surface area contributed by atoms with Crippen molar-refractivity contribution in [3.05, 3.63) is 93.5 Å². The van der Waals surface area contributed by atoms with Crippen LogP contribution in [0.1, 0.15) is 47.7 Å². The minimum atomic E-state index is -1.12. The smallest absolute Gasteiger partial charge is 0.161 e. The van der Waals surface area contributed by atoms with Gasteiger partial charge in [0.1, 0.15) is 5.60 Å². The molecule has 0 radical (unpaired) electrons. The number of nitrogens with zero attached hydrogens (tertiary/aromatic N) is 1. The van der Waals surface area contributed by atoms with Gasteiger partial charge in [-0.05, 0) is 98.8 Å². The van der Waals surface area contributed by atoms with Crippen LogP contribution in [0.4, 0.5) is 0 Å². The molecule has 0 amide bonds. The molecule has 4 rings (SSSR count). The second-order valence-corrected chi connectivity index (χ2v) is 10.4. The van der Waals surface area contributed by atoms with Crippen LogP contribution in [-0.2, 0) is 5.60 Å². The Kier molecular flexibility index (Phi) is 9.14. The average molecular weight is 543 g/mol. The molecule has 0 aromatic heterocycles. The number of methoxy groups -OCH3 is 1. The molecule has 1 aliphatic heterocycles. The molecule has 0 unspecified atom stereocenters. The Morgan fingerprint density at radius 3 is 2.03 bits per heavy atom. The van der Waals surface area contributed by atoms with E-state index < -0.39 is 5.60 Å². The number of halogens is 2. The highest BCUT2D eigenvalue weighted by atomic mass is 35.5. The molecule has 3 aromatic carbocycles. The maximum absolute atomic E-state index is 12.1. The number of carbonyl (C=O) groups excluding carboxylic acids is 1. The SMILES string of the molecule is COc1cc(C(C)=O)ccc1OCCCN1CCC(C(O)(c2ccc(Cl)cc2)c2ccc(Cl)cc2)CC1. The summed E-state index contributed by atoms with van der Waals surface area (Å²) in [6.45, 7) is 4.77. The quantitative estimate of drug-likeness (QED) is 0.231. The predicted molar refractivity (Wildman–Crippen MR) is 148 cm³/mol. The van der Waals surface area contributed by atoms with E-state index in [2.05, 4.69) is 4.90 Å². The van der Waals surface area contributed by atoms with Crippen LogP contribution >= 0.6 is 23.2 Å². The van der Waals surface area contributed by atoms with Crippen LogP contribution in [0.15, 0.2) is 66.7 Å². The highest BCUT2D eigenvalue weighted by molar-refractivity contribution is 6.30. The molecular formula is C30H33Cl2NO4. The number of Topliss-reactive ketones (excluding diaryl/α,β-unsaturated/α-hetero) is 1. The summed E-state index contributed by atoms with van der Waals surface area (Å²) in [4.78, 5) is 14.0. The van der Waals surface area contributed by atoms with Crippen molar-refractivity contribution in [2.45, 2.75) is 31.8 Å². The van der Waals surface area contributed by atoms with E-state index in [1.165, 1.54) is 6.92 Å². The molecule has 1 aliphatic rings. The molecule has 0 saturated carbocycles. The Hall–Kier alpha value is -2.57. The second kappa shape index (κ2) is 12.3. The van der Waals surface area contributed by atoms with Crippen LogP contribution in [0.5, 0.6) is 11.5 Å². The monoisotopic (exact) mass is 541 g/mol. The largest absolute Gasteiger partial charge is 0.493 e. The van der Waals surface area contributed by atoms with Crippen LogP contribution in [0.3, 0.4) is 0 Å². The summed E-state index contributed by atoms with van der Waals surface area (Å²) in [6, 6.07) is 20.2. The number of ketones is 1. The number of carbonyl (C=O) groups is 1. The molecule has 7 heteroatoms. The van der Waals surface area contributed by atoms with Gasteiger partial charge in [-0.2, -0.15) is 0 Å². The topological polar surface area (TPSA) is 59.0 Å². The van der Waals surface area contributed by atoms with Gasteiger partial charge in [0.05, 0.1) is 13.7 Å². The Bertz CT molecular complexity index is 1140. The number of likely N-dealkylation sites (tertiary alicyclic amines) is 1. The first-order valence-corrected chi connectivity index (χ1v) is 13.4. The third-order valence-electron chi connectivity index (χ3n) is 7.19. The van der Waals surface area contributed by atoms with Crippen molar-refractivity contribution >= 4 is 29.0 Å². The fourth-order valence-electron chi connectivity index (χ4n) is 5.10. The van der Waals surface area contributed by atoms with Crippen molar-refractivity contribution in [2.24, 2.45) is 5.92 Å². The lowest BCUT2D eigenvalue weighted by Crippen LogP contribution is -2.44. The summed E-state index contributed by atoms with van der Waals surface area (Å²) in [5.41, 5.74) is 1.17. The van der Waals surface area contributed by atoms with Crippen molar-refractivity contribution in [1.82, 2.24) is 4.90 Å². The number of ether oxygens (including phenoxy) is 2. The predicted octanol–water partition coefficient (Wildman–Crippen LogP) is 6.62. The zero-order valence-corrected chi connectivity index (χ0v) is 22.8. The highest BCUT2D eigenvalue weighted by Crippen LogP contribution is 2.42. The van der Waals surface area contributed by atoms with E-state index in [0.717, 1.165) is 50.0 Å². The average Bonchev–Trinajstić information content (AvgIpc) is 2.91. The molecule has 0 aliphatic carbocycles. The van der Waals surface area contributed by atoms with Gasteiger partial charge in [-0.15, -0.1) is 0 Å². The lowest BCUT2D eigenvalue weighted by Gasteiger charge is -2.42. The van der Waals surface area contributed by atoms with Crippen molar-refractivity contribution in [2.75, 3.05) is 33.4 Å². The van der Waals surface area contributed by atoms with Gasteiger partial charge in [-0.3, -0.25) is 4.79 Å². The zero-order chi connectivity index (χ0) is 26.4. The van der Waals surface area contributed by atoms with Gasteiger partial charge in [0, 0.05) is 22.2 Å². The Labute approximate surface area is 228 Å². The standard InChI is InChI=1S/C30H33Cl2NO4/c1-21(34)22-4-13-28(29(20-22)36-2)37-19-3-16-33-17-14-25(15-18-33)30(35,23-5-9-26(31)10-6-23)24-7-11-27(32)12-8-24/h4-13,20,25,35H,3,14-19H2,1-2H3. The number of benzene rings is 3. The van der Waals surface area contributed by atoms with Crippen molar-refractivity contribution in [3.63, 3.8) is 0 Å². The number of hydrogen-bond acceptors (Lipinski definition) is 5. The molecule has 0 spiro atoms. The van der Waals surface area contributed by atoms with Crippen molar-refractivity contribution < 1.29 is 19.4 Å². The molecular weight excluding hydrogens is 509 g/mol. The lowest BCUT2D eigenvalue weighted by molar-refractivity contribution is -0.0146. The molecule has 37 heavy (non-hydrogen) atoms. The minimum absolute atomic E-state index is 0.00715. The van der Waals surface area contributed by atoms with Gasteiger partial charge >= 0.3 is 0 Å². The number of piperidine rings is 1. The summed E-state index contributed by atoms with van der Waals surface area (Å²) in [5.74, 6) is 1.26. The molecule has 1 N–H and O–H groups in total. The summed E-state index contributed by atoms with van der Waals surface area (Å²) in [6.07, 6.45) is 2.59. The number of aliphatic hydroxyl groups is 1. The van der Waals surface area contributed by atoms with E-state index in [1.54, 1.807) is 25.3 Å². The summed E-state index contributed by atoms with van der Waals surface area (Å²) in [5, 5.41) is 13.4. The Morgan fingerprint density at radius 2 is 1.51 bits per heavy atom. The molecule has 0 atom stereocenters. The molecule has 196 valence electrons. The lowest BCUT2D eigenvalue weighted by atomic mass is 9.72. The van der Waals surface area contributed by atoms with Crippen LogP contribution in [0.25, 0.3) is 0 Å². The van der Waals surface area contributed by atoms with E-state index >= 15 is 0 Å². The van der Waals surface area contributed by atoms with Crippen molar-refractivity contribution in [3.8, 4) is 11.5 Å². The molecule has 1 saturated heterocycles. The van der Waals surface area contributed by atoms with Crippen LogP contribution in [-0.4, -0.2) is 49.1 Å². The van der Waals surface area contributed by atoms with E-state index in [0.29, 0.717) is 33.7 Å². The van der Waals surface area contributed by atoms with Gasteiger partial charge < -0.3 is 19.5 Å². The van der Waals surface area contributed by atoms with Gasteiger partial charge in [0.2, 0.25) is 0 Å². The number of rotatable bonds is 10. The maximum atomic E-state index is 12.1. The Morgan fingerprint density at radius 1 is 0.946 bits per heavy atom. The molecule has 1 fully saturated rings. The van der Waals surface area contributed by atoms with E-state index in [9.17, 15) is 9.90 Å². The summed E-state index contributed by atoms with van der Waals surface area (Å²) in [7, 11) is 1.57. The van der Waals surface area contributed by atoms with Crippen LogP contribution in [0, 0.1) is 5.92 Å². The first-order chi connectivity index (χ1) is 17.8. The van der Waals surface area contributed by atoms with Gasteiger partial charge in [-0.25, -0.2) is 0 Å². The molecule has 0 bridgehead atoms. The molecule has 3 aromatic rings. The van der Waals surface area contributed by atoms with Gasteiger partial charge in [-0.1, -0.05) is 47.5 Å². The molecule has 5 nitrogen and oxygen atoms in total. The van der Waals surface area contributed by atoms with E-state index in [1.807, 2.05) is 48.5 Å². The fraction of sp³-hybridized carbons (Fsp3) is 0.367. The van der Waals surface area contributed by atoms with Gasteiger partial charge in [0.25, 0.3) is 0 Å². The third-order valence-corrected chi connectivity index (χ3v) is 7.70. The van der Waals surface area contributed by atoms with Crippen LogP contribution in [0.2, 0.25) is 10.0 Å². The second-order valence-electron chi connectivity index (χ2n) is 9.52. The summed E-state index contributed by atoms with van der Waals surface area (Å²) < 4.78 is 11.3. The Balaban J connectivity index is 1.35. The normalized spacial score (nSPS) is 14.9. The van der Waals surface area contributed by atoms with Crippen molar-refractivity contribution in [1.29, 1.82) is 0 Å². The number of hydrogen-bond donors (Lipinski definition) is 1. The zero-order valence-electron chi connectivity index (χ0n) is 21.3. The highest BCUT2D eigenvalue weighted by Gasteiger charge is 2.41. The first kappa shape index (κ1) is 27.5. The van der Waals surface area contributed by atoms with Gasteiger partial charge in [0.15, 0.2) is 17.3 Å². The van der Waals surface area contributed by atoms with E-state index in [4.69, 9.17) is 32.7 Å². The molecule has 1 heterocycles. The summed E-state index contributed by atoms with van der Waals surface area (Å²) >= 11 is 12.3.